The lowest BCUT2D eigenvalue weighted by atomic mass is 9.58. The Morgan fingerprint density at radius 2 is 1.81 bits per heavy atom. The molecule has 37 heavy (non-hydrogen) atoms. The molecule has 5 aliphatic rings. The van der Waals surface area contributed by atoms with Gasteiger partial charge in [-0.3, -0.25) is 9.59 Å². The van der Waals surface area contributed by atoms with Crippen molar-refractivity contribution < 1.29 is 48.5 Å². The maximum absolute atomic E-state index is 12.6. The zero-order valence-electron chi connectivity index (χ0n) is 21.5. The molecular weight excluding hydrogens is 484 g/mol. The lowest BCUT2D eigenvalue weighted by molar-refractivity contribution is -0.576. The van der Waals surface area contributed by atoms with Crippen molar-refractivity contribution in [3.05, 3.63) is 23.8 Å². The summed E-state index contributed by atoms with van der Waals surface area (Å²) in [6, 6.07) is 4.41. The Kier molecular flexibility index (Phi) is 7.12. The number of carbonyl (C=O) groups is 2. The number of hydrogen-bond donors (Lipinski definition) is 2. The summed E-state index contributed by atoms with van der Waals surface area (Å²) in [5.41, 5.74) is -0.0191. The van der Waals surface area contributed by atoms with Gasteiger partial charge in [0.1, 0.15) is 0 Å². The molecule has 2 N–H and O–H groups in total. The lowest BCUT2D eigenvalue weighted by Crippen LogP contribution is -2.70. The Balaban J connectivity index is 1.14. The van der Waals surface area contributed by atoms with Gasteiger partial charge < -0.3 is 29.2 Å². The van der Waals surface area contributed by atoms with Crippen LogP contribution in [0, 0.1) is 23.7 Å². The Morgan fingerprint density at radius 3 is 2.59 bits per heavy atom. The van der Waals surface area contributed by atoms with E-state index in [1.165, 1.54) is 12.1 Å². The summed E-state index contributed by atoms with van der Waals surface area (Å²) in [6.07, 6.45) is 2.15. The molecule has 1 aromatic carbocycles. The molecule has 0 aromatic heterocycles. The van der Waals surface area contributed by atoms with Crippen LogP contribution in [0.2, 0.25) is 0 Å². The highest BCUT2D eigenvalue weighted by molar-refractivity contribution is 5.77. The van der Waals surface area contributed by atoms with Crippen LogP contribution in [0.5, 0.6) is 11.5 Å². The van der Waals surface area contributed by atoms with Crippen LogP contribution in [0.1, 0.15) is 64.9 Å². The molecule has 1 spiro atoms. The Morgan fingerprint density at radius 1 is 1.03 bits per heavy atom. The number of esters is 2. The molecule has 10 nitrogen and oxygen atoms in total. The van der Waals surface area contributed by atoms with Gasteiger partial charge in [0.15, 0.2) is 23.4 Å². The molecule has 8 atom stereocenters. The molecular formula is C27H36O10. The van der Waals surface area contributed by atoms with Crippen LogP contribution < -0.4 is 0 Å². The molecule has 5 fully saturated rings. The first kappa shape index (κ1) is 26.2. The number of ether oxygens (including phenoxy) is 4. The number of fused-ring (bicyclic) bond motifs is 2. The van der Waals surface area contributed by atoms with Gasteiger partial charge in [0, 0.05) is 24.7 Å². The molecule has 4 aliphatic heterocycles. The summed E-state index contributed by atoms with van der Waals surface area (Å²) in [6.45, 7) is 6.17. The smallest absolute Gasteiger partial charge is 0.308 e. The molecule has 4 heterocycles. The molecule has 1 saturated carbocycles. The van der Waals surface area contributed by atoms with E-state index < -0.39 is 35.9 Å². The molecule has 0 radical (unpaired) electrons. The monoisotopic (exact) mass is 520 g/mol. The number of carbonyl (C=O) groups excluding carboxylic acids is 2. The number of rotatable bonds is 7. The van der Waals surface area contributed by atoms with Crippen LogP contribution in [-0.4, -0.2) is 52.7 Å². The average molecular weight is 521 g/mol. The van der Waals surface area contributed by atoms with E-state index in [-0.39, 0.29) is 48.7 Å². The van der Waals surface area contributed by atoms with Crippen LogP contribution in [0.3, 0.4) is 0 Å². The topological polar surface area (TPSA) is 130 Å². The predicted octanol–water partition coefficient (Wildman–Crippen LogP) is 3.71. The predicted molar refractivity (Wildman–Crippen MR) is 127 cm³/mol. The molecule has 204 valence electrons. The third-order valence-electron chi connectivity index (χ3n) is 8.57. The standard InChI is InChI=1S/C27H36O10/c1-15-4-6-19-16(2)24(34-25-27(19)18(15)10-12-26(3,35-25)36-37-27)33-23(31)9-8-22(30)32-13-11-17-5-7-20(28)21(29)14-17/h5,7,14-16,18-19,24-25,28-29H,4,6,8-13H2,1-3H3/t15-,16-,18+,19?,24-,25-,26+,27?/m1/s1. The van der Waals surface area contributed by atoms with E-state index in [9.17, 15) is 19.8 Å². The molecule has 1 aromatic rings. The molecule has 10 heteroatoms. The minimum absolute atomic E-state index is 0.0391. The first-order valence-electron chi connectivity index (χ1n) is 13.2. The Hall–Kier alpha value is -2.40. The third kappa shape index (κ3) is 4.92. The highest BCUT2D eigenvalue weighted by Crippen LogP contribution is 2.60. The number of phenolic OH excluding ortho intramolecular Hbond substituents is 2. The largest absolute Gasteiger partial charge is 0.504 e. The number of benzene rings is 1. The highest BCUT2D eigenvalue weighted by atomic mass is 17.3. The van der Waals surface area contributed by atoms with Gasteiger partial charge in [-0.25, -0.2) is 9.78 Å². The van der Waals surface area contributed by atoms with E-state index in [0.717, 1.165) is 19.3 Å². The van der Waals surface area contributed by atoms with E-state index in [4.69, 9.17) is 28.7 Å². The van der Waals surface area contributed by atoms with E-state index in [1.54, 1.807) is 6.07 Å². The average Bonchev–Trinajstić information content (AvgIpc) is 3.09. The third-order valence-corrected chi connectivity index (χ3v) is 8.57. The number of aromatic hydroxyl groups is 2. The second-order valence-corrected chi connectivity index (χ2v) is 11.1. The van der Waals surface area contributed by atoms with Crippen molar-refractivity contribution in [2.45, 2.75) is 89.7 Å². The number of hydrogen-bond acceptors (Lipinski definition) is 10. The first-order chi connectivity index (χ1) is 17.6. The van der Waals surface area contributed by atoms with Crippen molar-refractivity contribution in [3.8, 4) is 11.5 Å². The van der Waals surface area contributed by atoms with Gasteiger partial charge in [0.2, 0.25) is 12.1 Å². The van der Waals surface area contributed by atoms with E-state index in [0.29, 0.717) is 24.3 Å². The van der Waals surface area contributed by atoms with Gasteiger partial charge in [-0.15, -0.1) is 0 Å². The van der Waals surface area contributed by atoms with Crippen molar-refractivity contribution in [1.29, 1.82) is 0 Å². The van der Waals surface area contributed by atoms with Crippen molar-refractivity contribution >= 4 is 11.9 Å². The van der Waals surface area contributed by atoms with Gasteiger partial charge in [-0.1, -0.05) is 19.9 Å². The zero-order chi connectivity index (χ0) is 26.4. The number of phenols is 2. The van der Waals surface area contributed by atoms with Gasteiger partial charge in [-0.2, -0.15) is 0 Å². The van der Waals surface area contributed by atoms with E-state index in [2.05, 4.69) is 6.92 Å². The molecule has 2 bridgehead atoms. The summed E-state index contributed by atoms with van der Waals surface area (Å²) >= 11 is 0. The quantitative estimate of drug-likeness (QED) is 0.312. The Labute approximate surface area is 216 Å². The fourth-order valence-electron chi connectivity index (χ4n) is 6.48. The summed E-state index contributed by atoms with van der Waals surface area (Å²) in [7, 11) is 0. The first-order valence-corrected chi connectivity index (χ1v) is 13.2. The van der Waals surface area contributed by atoms with E-state index >= 15 is 0 Å². The maximum Gasteiger partial charge on any atom is 0.308 e. The van der Waals surface area contributed by atoms with Crippen LogP contribution in [0.25, 0.3) is 0 Å². The minimum Gasteiger partial charge on any atom is -0.504 e. The van der Waals surface area contributed by atoms with Crippen LogP contribution in [0.4, 0.5) is 0 Å². The lowest BCUT2D eigenvalue weighted by Gasteiger charge is -2.59. The summed E-state index contributed by atoms with van der Waals surface area (Å²) in [5.74, 6) is -1.86. The van der Waals surface area contributed by atoms with Crippen molar-refractivity contribution in [2.24, 2.45) is 23.7 Å². The fourth-order valence-corrected chi connectivity index (χ4v) is 6.48. The van der Waals surface area contributed by atoms with Gasteiger partial charge in [0.25, 0.3) is 0 Å². The van der Waals surface area contributed by atoms with Gasteiger partial charge >= 0.3 is 11.9 Å². The molecule has 0 amide bonds. The van der Waals surface area contributed by atoms with Crippen LogP contribution >= 0.6 is 0 Å². The van der Waals surface area contributed by atoms with Crippen LogP contribution in [0.15, 0.2) is 18.2 Å². The minimum atomic E-state index is -0.907. The van der Waals surface area contributed by atoms with E-state index in [1.807, 2.05) is 13.8 Å². The fraction of sp³-hybridized carbons (Fsp3) is 0.704. The molecule has 6 rings (SSSR count). The second-order valence-electron chi connectivity index (χ2n) is 11.1. The molecule has 1 aliphatic carbocycles. The van der Waals surface area contributed by atoms with Gasteiger partial charge in [0.05, 0.1) is 19.4 Å². The normalized spacial score (nSPS) is 38.4. The molecule has 4 saturated heterocycles. The highest BCUT2D eigenvalue weighted by Gasteiger charge is 2.69. The molecule has 2 unspecified atom stereocenters. The van der Waals surface area contributed by atoms with Crippen molar-refractivity contribution in [1.82, 2.24) is 0 Å². The zero-order valence-corrected chi connectivity index (χ0v) is 21.5. The Bertz CT molecular complexity index is 1030. The summed E-state index contributed by atoms with van der Waals surface area (Å²) in [4.78, 5) is 36.7. The summed E-state index contributed by atoms with van der Waals surface area (Å²) in [5, 5.41) is 18.9. The van der Waals surface area contributed by atoms with Crippen molar-refractivity contribution in [3.63, 3.8) is 0 Å². The van der Waals surface area contributed by atoms with Crippen molar-refractivity contribution in [2.75, 3.05) is 6.61 Å². The maximum atomic E-state index is 12.6. The van der Waals surface area contributed by atoms with Crippen LogP contribution in [-0.2, 0) is 44.7 Å². The van der Waals surface area contributed by atoms with Gasteiger partial charge in [-0.05, 0) is 55.7 Å². The summed E-state index contributed by atoms with van der Waals surface area (Å²) < 4.78 is 23.4. The second kappa shape index (κ2) is 10.1. The SMILES string of the molecule is C[C@@H]1CCC2[C@@H](C)[C@H](OC(=O)CCC(=O)OCCc3ccc(O)c(O)c3)O[C@@H]3O[C@]4(C)CC[C@@H]1C23OO4.